The van der Waals surface area contributed by atoms with Gasteiger partial charge in [-0.2, -0.15) is 5.10 Å². The zero-order chi connectivity index (χ0) is 20.5. The molecule has 2 aliphatic rings. The van der Waals surface area contributed by atoms with Crippen LogP contribution in [0.1, 0.15) is 12.8 Å². The lowest BCUT2D eigenvalue weighted by molar-refractivity contribution is 0.0713. The molecule has 2 saturated heterocycles. The highest BCUT2D eigenvalue weighted by Gasteiger charge is 2.23. The molecule has 3 heterocycles. The van der Waals surface area contributed by atoms with E-state index in [0.29, 0.717) is 11.5 Å². The van der Waals surface area contributed by atoms with Crippen LogP contribution in [-0.4, -0.2) is 60.5 Å². The molecule has 0 amide bonds. The zero-order valence-corrected chi connectivity index (χ0v) is 17.0. The third-order valence-electron chi connectivity index (χ3n) is 6.20. The smallest absolute Gasteiger partial charge is 0.272 e. The Morgan fingerprint density at radius 1 is 1.10 bits per heavy atom. The van der Waals surface area contributed by atoms with E-state index in [1.54, 1.807) is 0 Å². The van der Waals surface area contributed by atoms with Gasteiger partial charge in [0.1, 0.15) is 0 Å². The fourth-order valence-electron chi connectivity index (χ4n) is 4.57. The highest BCUT2D eigenvalue weighted by molar-refractivity contribution is 5.94. The summed E-state index contributed by atoms with van der Waals surface area (Å²) in [7, 11) is 0. The summed E-state index contributed by atoms with van der Waals surface area (Å²) in [5.74, 6) is 0. The third kappa shape index (κ3) is 3.66. The van der Waals surface area contributed by atoms with Gasteiger partial charge in [-0.3, -0.25) is 9.69 Å². The molecule has 156 valence electrons. The van der Waals surface area contributed by atoms with Gasteiger partial charge in [-0.1, -0.05) is 24.3 Å². The van der Waals surface area contributed by atoms with Gasteiger partial charge in [0.2, 0.25) is 0 Å². The second kappa shape index (κ2) is 8.08. The summed E-state index contributed by atoms with van der Waals surface area (Å²) in [6.45, 7) is 5.90. The number of aromatic nitrogens is 2. The first-order chi connectivity index (χ1) is 14.7. The Hall–Kier alpha value is -2.90. The highest BCUT2D eigenvalue weighted by atomic mass is 16.5. The van der Waals surface area contributed by atoms with Crippen LogP contribution in [-0.2, 0) is 4.74 Å². The number of H-pyrrole nitrogens is 1. The molecule has 1 aromatic heterocycles. The largest absolute Gasteiger partial charge is 0.397 e. The van der Waals surface area contributed by atoms with Gasteiger partial charge in [0.25, 0.3) is 5.56 Å². The number of nitrogen functional groups attached to an aromatic ring is 1. The number of hydrogen-bond acceptors (Lipinski definition) is 6. The van der Waals surface area contributed by atoms with Crippen LogP contribution in [0.3, 0.4) is 0 Å². The number of fused-ring (bicyclic) bond motifs is 1. The van der Waals surface area contributed by atoms with E-state index < -0.39 is 0 Å². The summed E-state index contributed by atoms with van der Waals surface area (Å²) in [5.41, 5.74) is 9.71. The molecule has 2 aromatic carbocycles. The minimum Gasteiger partial charge on any atom is -0.397 e. The van der Waals surface area contributed by atoms with E-state index in [9.17, 15) is 4.79 Å². The van der Waals surface area contributed by atoms with Gasteiger partial charge in [-0.25, -0.2) is 5.10 Å². The number of piperazine rings is 1. The van der Waals surface area contributed by atoms with Gasteiger partial charge < -0.3 is 15.4 Å². The van der Waals surface area contributed by atoms with E-state index in [1.165, 1.54) is 12.8 Å². The van der Waals surface area contributed by atoms with Gasteiger partial charge in [0.15, 0.2) is 0 Å². The van der Waals surface area contributed by atoms with Crippen molar-refractivity contribution < 1.29 is 4.74 Å². The number of nitrogens with two attached hydrogens (primary N) is 1. The molecule has 2 aliphatic heterocycles. The van der Waals surface area contributed by atoms with E-state index in [4.69, 9.17) is 10.5 Å². The third-order valence-corrected chi connectivity index (χ3v) is 6.20. The van der Waals surface area contributed by atoms with Crippen molar-refractivity contribution in [3.63, 3.8) is 0 Å². The van der Waals surface area contributed by atoms with Crippen molar-refractivity contribution in [2.24, 2.45) is 0 Å². The molecular formula is C23H27N5O2. The Balaban J connectivity index is 1.34. The van der Waals surface area contributed by atoms with Crippen molar-refractivity contribution in [2.75, 3.05) is 50.0 Å². The molecule has 3 N–H and O–H groups in total. The average Bonchev–Trinajstić information content (AvgIpc) is 3.28. The van der Waals surface area contributed by atoms with Crippen molar-refractivity contribution in [2.45, 2.75) is 18.9 Å². The first-order valence-corrected chi connectivity index (χ1v) is 10.7. The maximum absolute atomic E-state index is 12.1. The molecule has 30 heavy (non-hydrogen) atoms. The van der Waals surface area contributed by atoms with Crippen molar-refractivity contribution in [3.05, 3.63) is 52.8 Å². The predicted octanol–water partition coefficient (Wildman–Crippen LogP) is 2.47. The highest BCUT2D eigenvalue weighted by Crippen LogP contribution is 2.31. The summed E-state index contributed by atoms with van der Waals surface area (Å²) < 4.78 is 5.78. The maximum Gasteiger partial charge on any atom is 0.272 e. The topological polar surface area (TPSA) is 87.5 Å². The van der Waals surface area contributed by atoms with Crippen LogP contribution in [0.25, 0.3) is 22.0 Å². The number of rotatable bonds is 4. The number of anilines is 2. The number of benzene rings is 2. The lowest BCUT2D eigenvalue weighted by Gasteiger charge is -2.37. The van der Waals surface area contributed by atoms with Crippen LogP contribution >= 0.6 is 0 Å². The average molecular weight is 406 g/mol. The Bertz CT molecular complexity index is 1100. The maximum atomic E-state index is 12.1. The molecule has 2 fully saturated rings. The number of nitrogens with one attached hydrogen (secondary N) is 1. The summed E-state index contributed by atoms with van der Waals surface area (Å²) in [6.07, 6.45) is 2.77. The number of nitrogens with zero attached hydrogens (tertiary/aromatic N) is 3. The number of hydrogen-bond donors (Lipinski definition) is 2. The fourth-order valence-corrected chi connectivity index (χ4v) is 4.57. The lowest BCUT2D eigenvalue weighted by Crippen LogP contribution is -2.48. The zero-order valence-electron chi connectivity index (χ0n) is 17.0. The molecular weight excluding hydrogens is 378 g/mol. The molecule has 7 heteroatoms. The van der Waals surface area contributed by atoms with Gasteiger partial charge >= 0.3 is 0 Å². The van der Waals surface area contributed by atoms with Gasteiger partial charge in [-0.05, 0) is 31.0 Å². The molecule has 0 aliphatic carbocycles. The second-order valence-corrected chi connectivity index (χ2v) is 8.14. The van der Waals surface area contributed by atoms with Crippen LogP contribution < -0.4 is 16.2 Å². The molecule has 0 radical (unpaired) electrons. The van der Waals surface area contributed by atoms with Crippen molar-refractivity contribution in [1.82, 2.24) is 15.1 Å². The van der Waals surface area contributed by atoms with E-state index in [2.05, 4.69) is 26.1 Å². The minimum atomic E-state index is -0.181. The van der Waals surface area contributed by atoms with Crippen molar-refractivity contribution >= 4 is 22.1 Å². The molecule has 7 nitrogen and oxygen atoms in total. The SMILES string of the molecule is Nc1cc(-c2n[nH]c(=O)c3ccccc23)ccc1N1CCN(CC2CCCO2)CC1. The quantitative estimate of drug-likeness (QED) is 0.649. The standard InChI is InChI=1S/C23H27N5O2/c24-20-14-16(22-18-5-1-2-6-19(18)23(29)26-25-22)7-8-21(20)28-11-9-27(10-12-28)15-17-4-3-13-30-17/h1-2,5-8,14,17H,3-4,9-13,15,24H2,(H,26,29). The van der Waals surface area contributed by atoms with E-state index >= 15 is 0 Å². The number of ether oxygens (including phenoxy) is 1. The van der Waals surface area contributed by atoms with Crippen molar-refractivity contribution in [3.8, 4) is 11.3 Å². The van der Waals surface area contributed by atoms with Gasteiger partial charge in [-0.15, -0.1) is 0 Å². The predicted molar refractivity (Wildman–Crippen MR) is 120 cm³/mol. The Labute approximate surface area is 175 Å². The first kappa shape index (κ1) is 19.1. The molecule has 5 rings (SSSR count). The first-order valence-electron chi connectivity index (χ1n) is 10.7. The molecule has 3 aromatic rings. The molecule has 0 bridgehead atoms. The van der Waals surface area contributed by atoms with Crippen LogP contribution in [0.2, 0.25) is 0 Å². The van der Waals surface area contributed by atoms with Crippen LogP contribution in [0.5, 0.6) is 0 Å². The van der Waals surface area contributed by atoms with Gasteiger partial charge in [0.05, 0.1) is 28.6 Å². The van der Waals surface area contributed by atoms with Crippen LogP contribution in [0, 0.1) is 0 Å². The van der Waals surface area contributed by atoms with E-state index in [-0.39, 0.29) is 5.56 Å². The molecule has 0 saturated carbocycles. The molecule has 1 atom stereocenters. The van der Waals surface area contributed by atoms with E-state index in [1.807, 2.05) is 36.4 Å². The Morgan fingerprint density at radius 2 is 1.90 bits per heavy atom. The molecule has 0 spiro atoms. The summed E-state index contributed by atoms with van der Waals surface area (Å²) in [5, 5.41) is 8.36. The number of aromatic amines is 1. The summed E-state index contributed by atoms with van der Waals surface area (Å²) >= 11 is 0. The van der Waals surface area contributed by atoms with Crippen LogP contribution in [0.15, 0.2) is 47.3 Å². The second-order valence-electron chi connectivity index (χ2n) is 8.14. The summed E-state index contributed by atoms with van der Waals surface area (Å²) in [6, 6.07) is 13.6. The Morgan fingerprint density at radius 3 is 2.63 bits per heavy atom. The van der Waals surface area contributed by atoms with Gasteiger partial charge in [0, 0.05) is 50.3 Å². The van der Waals surface area contributed by atoms with E-state index in [0.717, 1.165) is 67.3 Å². The summed E-state index contributed by atoms with van der Waals surface area (Å²) in [4.78, 5) is 16.9. The lowest BCUT2D eigenvalue weighted by atomic mass is 10.0. The Kier molecular flexibility index (Phi) is 5.14. The van der Waals surface area contributed by atoms with Crippen LogP contribution in [0.4, 0.5) is 11.4 Å². The fraction of sp³-hybridized carbons (Fsp3) is 0.391. The van der Waals surface area contributed by atoms with Crippen molar-refractivity contribution in [1.29, 1.82) is 0 Å². The normalized spacial score (nSPS) is 20.1. The molecule has 1 unspecified atom stereocenters. The monoisotopic (exact) mass is 405 g/mol. The minimum absolute atomic E-state index is 0.181.